The van der Waals surface area contributed by atoms with E-state index in [4.69, 9.17) is 23.2 Å². The number of benzene rings is 2. The summed E-state index contributed by atoms with van der Waals surface area (Å²) in [5, 5.41) is 3.60. The van der Waals surface area contributed by atoms with Crippen LogP contribution >= 0.6 is 23.2 Å². The minimum absolute atomic E-state index is 0.00303. The normalized spacial score (nSPS) is 11.2. The second kappa shape index (κ2) is 7.02. The Labute approximate surface area is 174 Å². The smallest absolute Gasteiger partial charge is 0.277 e. The molecule has 0 spiro atoms. The van der Waals surface area contributed by atoms with Crippen LogP contribution in [0.1, 0.15) is 21.7 Å². The second-order valence-corrected chi connectivity index (χ2v) is 7.32. The van der Waals surface area contributed by atoms with Gasteiger partial charge < -0.3 is 5.10 Å². The van der Waals surface area contributed by atoms with E-state index in [1.807, 2.05) is 0 Å². The number of halogens is 2. The quantitative estimate of drug-likeness (QED) is 0.507. The fourth-order valence-corrected chi connectivity index (χ4v) is 3.44. The molecule has 0 saturated heterocycles. The summed E-state index contributed by atoms with van der Waals surface area (Å²) in [7, 11) is 1.52. The van der Waals surface area contributed by atoms with E-state index in [-0.39, 0.29) is 22.1 Å². The molecular formula is C20H14Cl2N4O3. The van der Waals surface area contributed by atoms with Crippen molar-refractivity contribution in [1.82, 2.24) is 19.3 Å². The van der Waals surface area contributed by atoms with Gasteiger partial charge in [0.05, 0.1) is 26.6 Å². The van der Waals surface area contributed by atoms with E-state index in [1.165, 1.54) is 28.6 Å². The number of fused-ring (bicyclic) bond motifs is 1. The molecule has 1 N–H and O–H groups in total. The van der Waals surface area contributed by atoms with Crippen LogP contribution in [-0.4, -0.2) is 25.1 Å². The molecule has 0 unspecified atom stereocenters. The van der Waals surface area contributed by atoms with Gasteiger partial charge in [-0.2, -0.15) is 0 Å². The number of carbonyl (C=O) groups excluding carboxylic acids is 1. The predicted molar refractivity (Wildman–Crippen MR) is 112 cm³/mol. The molecule has 4 aromatic rings. The third-order valence-corrected chi connectivity index (χ3v) is 5.38. The molecule has 146 valence electrons. The van der Waals surface area contributed by atoms with Gasteiger partial charge in [-0.15, -0.1) is 0 Å². The van der Waals surface area contributed by atoms with Crippen molar-refractivity contribution >= 4 is 39.9 Å². The number of ketones is 1. The van der Waals surface area contributed by atoms with Gasteiger partial charge in [0.1, 0.15) is 11.4 Å². The van der Waals surface area contributed by atoms with Crippen molar-refractivity contribution in [3.05, 3.63) is 90.3 Å². The average molecular weight is 429 g/mol. The van der Waals surface area contributed by atoms with Crippen molar-refractivity contribution < 1.29 is 4.79 Å². The number of hydrogen-bond acceptors (Lipinski definition) is 4. The molecule has 0 saturated carbocycles. The van der Waals surface area contributed by atoms with Gasteiger partial charge in [0.2, 0.25) is 0 Å². The lowest BCUT2D eigenvalue weighted by atomic mass is 10.0. The van der Waals surface area contributed by atoms with Crippen LogP contribution in [0.15, 0.2) is 52.2 Å². The van der Waals surface area contributed by atoms with Crippen LogP contribution < -0.4 is 11.1 Å². The van der Waals surface area contributed by atoms with E-state index in [9.17, 15) is 14.4 Å². The molecule has 0 aliphatic heterocycles. The van der Waals surface area contributed by atoms with Gasteiger partial charge in [0, 0.05) is 18.8 Å². The molecule has 2 aromatic heterocycles. The van der Waals surface area contributed by atoms with Crippen LogP contribution in [0, 0.1) is 6.92 Å². The van der Waals surface area contributed by atoms with Crippen molar-refractivity contribution in [2.24, 2.45) is 7.05 Å². The maximum atomic E-state index is 13.2. The number of hydrogen-bond donors (Lipinski definition) is 1. The van der Waals surface area contributed by atoms with E-state index in [2.05, 4.69) is 10.1 Å². The van der Waals surface area contributed by atoms with Crippen molar-refractivity contribution in [2.45, 2.75) is 6.92 Å². The Morgan fingerprint density at radius 1 is 1.03 bits per heavy atom. The molecule has 0 bridgehead atoms. The molecule has 2 heterocycles. The Bertz CT molecular complexity index is 1420. The number of H-pyrrole nitrogens is 1. The first-order chi connectivity index (χ1) is 13.8. The zero-order chi connectivity index (χ0) is 20.9. The van der Waals surface area contributed by atoms with Crippen LogP contribution in [0.4, 0.5) is 0 Å². The molecule has 0 radical (unpaired) electrons. The van der Waals surface area contributed by atoms with Crippen molar-refractivity contribution in [1.29, 1.82) is 0 Å². The number of carbonyl (C=O) groups is 1. The van der Waals surface area contributed by atoms with Gasteiger partial charge in [0.25, 0.3) is 11.1 Å². The molecule has 9 heteroatoms. The zero-order valence-electron chi connectivity index (χ0n) is 15.4. The second-order valence-electron chi connectivity index (χ2n) is 6.51. The fraction of sp³-hybridized carbons (Fsp3) is 0.100. The zero-order valence-corrected chi connectivity index (χ0v) is 16.9. The van der Waals surface area contributed by atoms with E-state index in [0.717, 1.165) is 0 Å². The van der Waals surface area contributed by atoms with Crippen molar-refractivity contribution in [3.8, 4) is 5.69 Å². The van der Waals surface area contributed by atoms with Crippen molar-refractivity contribution in [2.75, 3.05) is 0 Å². The van der Waals surface area contributed by atoms with Gasteiger partial charge in [0.15, 0.2) is 5.78 Å². The SMILES string of the molecule is Cc1nc2ccc(C(=O)c3c[nH]n(C)c3=O)cc2c(=O)n1-c1ccc(Cl)c(Cl)c1. The highest BCUT2D eigenvalue weighted by Crippen LogP contribution is 2.25. The van der Waals surface area contributed by atoms with Gasteiger partial charge in [-0.3, -0.25) is 23.6 Å². The number of nitrogens with one attached hydrogen (secondary N) is 1. The van der Waals surface area contributed by atoms with E-state index in [1.54, 1.807) is 37.3 Å². The maximum absolute atomic E-state index is 13.2. The lowest BCUT2D eigenvalue weighted by Crippen LogP contribution is -2.23. The molecule has 0 atom stereocenters. The topological polar surface area (TPSA) is 89.8 Å². The molecule has 7 nitrogen and oxygen atoms in total. The number of aromatic nitrogens is 4. The first-order valence-electron chi connectivity index (χ1n) is 8.56. The van der Waals surface area contributed by atoms with Crippen LogP contribution in [0.3, 0.4) is 0 Å². The minimum Gasteiger partial charge on any atom is -0.302 e. The molecule has 29 heavy (non-hydrogen) atoms. The molecule has 0 aliphatic rings. The summed E-state index contributed by atoms with van der Waals surface area (Å²) in [4.78, 5) is 42.5. The van der Waals surface area contributed by atoms with Gasteiger partial charge in [-0.25, -0.2) is 4.98 Å². The van der Waals surface area contributed by atoms with Gasteiger partial charge in [-0.05, 0) is 43.3 Å². The number of aromatic amines is 1. The lowest BCUT2D eigenvalue weighted by molar-refractivity contribution is 0.103. The van der Waals surface area contributed by atoms with E-state index in [0.29, 0.717) is 27.1 Å². The molecule has 0 amide bonds. The Morgan fingerprint density at radius 2 is 1.79 bits per heavy atom. The molecular weight excluding hydrogens is 415 g/mol. The predicted octanol–water partition coefficient (Wildman–Crippen LogP) is 3.26. The average Bonchev–Trinajstić information content (AvgIpc) is 3.02. The Kier molecular flexibility index (Phi) is 4.64. The molecule has 2 aromatic carbocycles. The summed E-state index contributed by atoms with van der Waals surface area (Å²) < 4.78 is 2.60. The van der Waals surface area contributed by atoms with Crippen LogP contribution in [0.5, 0.6) is 0 Å². The fourth-order valence-electron chi connectivity index (χ4n) is 3.15. The highest BCUT2D eigenvalue weighted by atomic mass is 35.5. The summed E-state index contributed by atoms with van der Waals surface area (Å²) in [6.45, 7) is 1.70. The number of rotatable bonds is 3. The van der Waals surface area contributed by atoms with E-state index >= 15 is 0 Å². The molecule has 4 rings (SSSR count). The van der Waals surface area contributed by atoms with Gasteiger partial charge in [-0.1, -0.05) is 23.2 Å². The third-order valence-electron chi connectivity index (χ3n) is 4.64. The highest BCUT2D eigenvalue weighted by Gasteiger charge is 2.18. The maximum Gasteiger partial charge on any atom is 0.277 e. The summed E-state index contributed by atoms with van der Waals surface area (Å²) >= 11 is 12.1. The summed E-state index contributed by atoms with van der Waals surface area (Å²) in [5.41, 5.74) is 0.372. The minimum atomic E-state index is -0.477. The first kappa shape index (κ1) is 19.2. The van der Waals surface area contributed by atoms with Crippen LogP contribution in [0.25, 0.3) is 16.6 Å². The first-order valence-corrected chi connectivity index (χ1v) is 9.31. The highest BCUT2D eigenvalue weighted by molar-refractivity contribution is 6.42. The molecule has 0 fully saturated rings. The summed E-state index contributed by atoms with van der Waals surface area (Å²) in [6, 6.07) is 9.42. The standard InChI is InChI=1S/C20H14Cl2N4O3/c1-10-24-17-6-3-11(18(27)14-9-23-25(2)19(14)28)7-13(17)20(29)26(10)12-4-5-15(21)16(22)8-12/h3-9,23H,1-2H3. The third kappa shape index (κ3) is 3.18. The van der Waals surface area contributed by atoms with Gasteiger partial charge >= 0.3 is 0 Å². The Balaban J connectivity index is 1.92. The van der Waals surface area contributed by atoms with E-state index < -0.39 is 11.3 Å². The Hall–Kier alpha value is -3.16. The summed E-state index contributed by atoms with van der Waals surface area (Å²) in [5.74, 6) is -0.0192. The summed E-state index contributed by atoms with van der Waals surface area (Å²) in [6.07, 6.45) is 1.34. The largest absolute Gasteiger partial charge is 0.302 e. The number of nitrogens with zero attached hydrogens (tertiary/aromatic N) is 3. The monoisotopic (exact) mass is 428 g/mol. The van der Waals surface area contributed by atoms with Crippen LogP contribution in [0.2, 0.25) is 10.0 Å². The lowest BCUT2D eigenvalue weighted by Gasteiger charge is -2.12. The van der Waals surface area contributed by atoms with Crippen molar-refractivity contribution in [3.63, 3.8) is 0 Å². The number of aryl methyl sites for hydroxylation is 2. The Morgan fingerprint density at radius 3 is 2.45 bits per heavy atom. The van der Waals surface area contributed by atoms with Crippen LogP contribution in [-0.2, 0) is 7.05 Å². The molecule has 0 aliphatic carbocycles.